The number of hydrogen-bond acceptors (Lipinski definition) is 5. The quantitative estimate of drug-likeness (QED) is 0.258. The number of ether oxygens (including phenoxy) is 1. The summed E-state index contributed by atoms with van der Waals surface area (Å²) in [5.41, 5.74) is 6.19. The van der Waals surface area contributed by atoms with Gasteiger partial charge in [-0.1, -0.05) is 35.9 Å². The van der Waals surface area contributed by atoms with E-state index in [2.05, 4.69) is 10.6 Å². The molecule has 0 spiro atoms. The van der Waals surface area contributed by atoms with Crippen molar-refractivity contribution in [1.82, 2.24) is 5.32 Å². The van der Waals surface area contributed by atoms with Crippen molar-refractivity contribution in [3.05, 3.63) is 65.2 Å². The molecule has 0 saturated heterocycles. The van der Waals surface area contributed by atoms with Gasteiger partial charge < -0.3 is 26.2 Å². The molecule has 164 valence electrons. The van der Waals surface area contributed by atoms with E-state index in [0.29, 0.717) is 29.5 Å². The Morgan fingerprint density at radius 3 is 2.48 bits per heavy atom. The highest BCUT2D eigenvalue weighted by molar-refractivity contribution is 6.30. The smallest absolute Gasteiger partial charge is 0.259 e. The Hall–Kier alpha value is -2.80. The van der Waals surface area contributed by atoms with Crippen LogP contribution in [0.5, 0.6) is 11.5 Å². The monoisotopic (exact) mass is 441 g/mol. The highest BCUT2D eigenvalue weighted by Gasteiger charge is 2.16. The van der Waals surface area contributed by atoms with Crippen LogP contribution in [0.2, 0.25) is 5.02 Å². The summed E-state index contributed by atoms with van der Waals surface area (Å²) < 4.78 is 5.98. The summed E-state index contributed by atoms with van der Waals surface area (Å²) in [6, 6.07) is 16.0. The third-order valence-electron chi connectivity index (χ3n) is 4.86. The van der Waals surface area contributed by atoms with Crippen LogP contribution in [0.1, 0.15) is 29.6 Å². The van der Waals surface area contributed by atoms with Gasteiger partial charge in [-0.2, -0.15) is 0 Å². The Kier molecular flexibility index (Phi) is 8.53. The number of hydrogen-bond donors (Lipinski definition) is 4. The number of carbonyl (C=O) groups excluding carboxylic acids is 1. The number of amides is 1. The van der Waals surface area contributed by atoms with Crippen molar-refractivity contribution in [1.29, 1.82) is 0 Å². The van der Waals surface area contributed by atoms with Gasteiger partial charge in [0.2, 0.25) is 0 Å². The SMILES string of the molecule is NCCCCNCCCOc1cc2ccccc2cc1C(=O)Nc1ccc(Cl)cc1O. The zero-order chi connectivity index (χ0) is 22.1. The van der Waals surface area contributed by atoms with E-state index in [-0.39, 0.29) is 17.3 Å². The number of phenols is 1. The third-order valence-corrected chi connectivity index (χ3v) is 5.10. The zero-order valence-electron chi connectivity index (χ0n) is 17.4. The van der Waals surface area contributed by atoms with Crippen molar-refractivity contribution >= 4 is 34.0 Å². The number of aromatic hydroxyl groups is 1. The molecule has 0 saturated carbocycles. The van der Waals surface area contributed by atoms with Gasteiger partial charge in [-0.25, -0.2) is 0 Å². The Morgan fingerprint density at radius 1 is 1.00 bits per heavy atom. The maximum atomic E-state index is 13.0. The van der Waals surface area contributed by atoms with E-state index in [0.717, 1.165) is 43.1 Å². The van der Waals surface area contributed by atoms with E-state index in [4.69, 9.17) is 22.1 Å². The van der Waals surface area contributed by atoms with Crippen molar-refractivity contribution in [2.75, 3.05) is 31.6 Å². The molecular formula is C24H28ClN3O3. The molecule has 0 fully saturated rings. The van der Waals surface area contributed by atoms with Gasteiger partial charge in [-0.05, 0) is 73.9 Å². The molecule has 0 unspecified atom stereocenters. The van der Waals surface area contributed by atoms with E-state index >= 15 is 0 Å². The van der Waals surface area contributed by atoms with Crippen LogP contribution < -0.4 is 21.1 Å². The fourth-order valence-electron chi connectivity index (χ4n) is 3.22. The number of carbonyl (C=O) groups is 1. The fraction of sp³-hybridized carbons (Fsp3) is 0.292. The van der Waals surface area contributed by atoms with Crippen molar-refractivity contribution in [2.24, 2.45) is 5.73 Å². The molecular weight excluding hydrogens is 414 g/mol. The van der Waals surface area contributed by atoms with Crippen molar-refractivity contribution in [3.63, 3.8) is 0 Å². The van der Waals surface area contributed by atoms with Crippen LogP contribution in [0.25, 0.3) is 10.8 Å². The lowest BCUT2D eigenvalue weighted by Crippen LogP contribution is -2.20. The second-order valence-corrected chi connectivity index (χ2v) is 7.70. The topological polar surface area (TPSA) is 96.6 Å². The van der Waals surface area contributed by atoms with Crippen molar-refractivity contribution in [3.8, 4) is 11.5 Å². The molecule has 3 aromatic carbocycles. The van der Waals surface area contributed by atoms with E-state index in [1.807, 2.05) is 30.3 Å². The van der Waals surface area contributed by atoms with Gasteiger partial charge >= 0.3 is 0 Å². The molecule has 0 aliphatic carbocycles. The van der Waals surface area contributed by atoms with Gasteiger partial charge in [0.1, 0.15) is 11.5 Å². The molecule has 31 heavy (non-hydrogen) atoms. The van der Waals surface area contributed by atoms with Gasteiger partial charge in [0.15, 0.2) is 0 Å². The van der Waals surface area contributed by atoms with Gasteiger partial charge in [0.25, 0.3) is 5.91 Å². The van der Waals surface area contributed by atoms with E-state index in [9.17, 15) is 9.90 Å². The minimum absolute atomic E-state index is 0.0928. The van der Waals surface area contributed by atoms with Crippen LogP contribution in [-0.4, -0.2) is 37.3 Å². The average molecular weight is 442 g/mol. The first-order chi connectivity index (χ1) is 15.1. The molecule has 1 amide bonds. The van der Waals surface area contributed by atoms with Crippen molar-refractivity contribution < 1.29 is 14.6 Å². The Morgan fingerprint density at radius 2 is 1.74 bits per heavy atom. The summed E-state index contributed by atoms with van der Waals surface area (Å²) in [6.07, 6.45) is 2.89. The lowest BCUT2D eigenvalue weighted by molar-refractivity contribution is 0.102. The molecule has 0 aliphatic heterocycles. The normalized spacial score (nSPS) is 10.9. The second-order valence-electron chi connectivity index (χ2n) is 7.26. The lowest BCUT2D eigenvalue weighted by Gasteiger charge is -2.14. The molecule has 0 aromatic heterocycles. The van der Waals surface area contributed by atoms with E-state index < -0.39 is 0 Å². The van der Waals surface area contributed by atoms with Gasteiger partial charge in [-0.15, -0.1) is 0 Å². The van der Waals surface area contributed by atoms with Crippen LogP contribution in [0, 0.1) is 0 Å². The Bertz CT molecular complexity index is 1030. The summed E-state index contributed by atoms with van der Waals surface area (Å²) >= 11 is 5.88. The first-order valence-corrected chi connectivity index (χ1v) is 10.8. The fourth-order valence-corrected chi connectivity index (χ4v) is 3.38. The summed E-state index contributed by atoms with van der Waals surface area (Å²) in [4.78, 5) is 13.0. The molecule has 6 nitrogen and oxygen atoms in total. The number of halogens is 1. The predicted molar refractivity (Wildman–Crippen MR) is 126 cm³/mol. The number of anilines is 1. The van der Waals surface area contributed by atoms with Gasteiger partial charge in [0.05, 0.1) is 17.9 Å². The number of unbranched alkanes of at least 4 members (excludes halogenated alkanes) is 1. The second kappa shape index (κ2) is 11.6. The van der Waals surface area contributed by atoms with Crippen LogP contribution in [0.15, 0.2) is 54.6 Å². The molecule has 5 N–H and O–H groups in total. The molecule has 0 atom stereocenters. The number of phenolic OH excluding ortho intramolecular Hbond substituents is 1. The number of benzene rings is 3. The van der Waals surface area contributed by atoms with Crippen LogP contribution >= 0.6 is 11.6 Å². The minimum atomic E-state index is -0.363. The molecule has 0 aliphatic rings. The van der Waals surface area contributed by atoms with Gasteiger partial charge in [0, 0.05) is 11.1 Å². The summed E-state index contributed by atoms with van der Waals surface area (Å²) in [6.45, 7) is 2.96. The molecule has 0 bridgehead atoms. The largest absolute Gasteiger partial charge is 0.506 e. The Labute approximate surface area is 187 Å². The highest BCUT2D eigenvalue weighted by Crippen LogP contribution is 2.30. The average Bonchev–Trinajstić information content (AvgIpc) is 2.77. The van der Waals surface area contributed by atoms with Crippen LogP contribution in [-0.2, 0) is 0 Å². The number of rotatable bonds is 11. The lowest BCUT2D eigenvalue weighted by atomic mass is 10.0. The number of fused-ring (bicyclic) bond motifs is 1. The van der Waals surface area contributed by atoms with Gasteiger partial charge in [-0.3, -0.25) is 4.79 Å². The van der Waals surface area contributed by atoms with E-state index in [1.165, 1.54) is 6.07 Å². The van der Waals surface area contributed by atoms with Crippen LogP contribution in [0.4, 0.5) is 5.69 Å². The standard InChI is InChI=1S/C24H28ClN3O3/c25-19-8-9-21(22(29)16-19)28-24(30)20-14-17-6-1-2-7-18(17)15-23(20)31-13-5-12-27-11-4-3-10-26/h1-2,6-9,14-16,27,29H,3-5,10-13,26H2,(H,28,30). The molecule has 7 heteroatoms. The Balaban J connectivity index is 1.70. The molecule has 0 radical (unpaired) electrons. The summed E-state index contributed by atoms with van der Waals surface area (Å²) in [5, 5.41) is 18.5. The first-order valence-electron chi connectivity index (χ1n) is 10.4. The maximum Gasteiger partial charge on any atom is 0.259 e. The third kappa shape index (κ3) is 6.59. The molecule has 0 heterocycles. The maximum absolute atomic E-state index is 13.0. The first kappa shape index (κ1) is 22.9. The highest BCUT2D eigenvalue weighted by atomic mass is 35.5. The predicted octanol–water partition coefficient (Wildman–Crippen LogP) is 4.55. The summed E-state index contributed by atoms with van der Waals surface area (Å²) in [5.74, 6) is 0.0517. The van der Waals surface area contributed by atoms with E-state index in [1.54, 1.807) is 18.2 Å². The zero-order valence-corrected chi connectivity index (χ0v) is 18.1. The van der Waals surface area contributed by atoms with Crippen molar-refractivity contribution in [2.45, 2.75) is 19.3 Å². The number of nitrogens with two attached hydrogens (primary N) is 1. The number of nitrogens with one attached hydrogen (secondary N) is 2. The van der Waals surface area contributed by atoms with Crippen LogP contribution in [0.3, 0.4) is 0 Å². The minimum Gasteiger partial charge on any atom is -0.506 e. The molecule has 3 rings (SSSR count). The summed E-state index contributed by atoms with van der Waals surface area (Å²) in [7, 11) is 0. The molecule has 3 aromatic rings.